The highest BCUT2D eigenvalue weighted by Crippen LogP contribution is 2.32. The van der Waals surface area contributed by atoms with E-state index in [1.165, 1.54) is 37.1 Å². The highest BCUT2D eigenvalue weighted by atomic mass is 19.4. The van der Waals surface area contributed by atoms with E-state index < -0.39 is 66.1 Å². The van der Waals surface area contributed by atoms with Crippen molar-refractivity contribution in [3.05, 3.63) is 123 Å². The number of anilines is 4. The molecule has 1 aliphatic heterocycles. The molecule has 0 aliphatic carbocycles. The number of fused-ring (bicyclic) bond motifs is 4. The minimum atomic E-state index is -4.56. The molecule has 0 aromatic carbocycles. The van der Waals surface area contributed by atoms with Gasteiger partial charge in [0, 0.05) is 121 Å². The average Bonchev–Trinajstić information content (AvgIpc) is 1.65. The maximum atomic E-state index is 14.0. The minimum Gasteiger partial charge on any atom is -0.354 e. The summed E-state index contributed by atoms with van der Waals surface area (Å²) in [6, 6.07) is 13.7. The summed E-state index contributed by atoms with van der Waals surface area (Å²) in [6.07, 6.45) is 9.16. The summed E-state index contributed by atoms with van der Waals surface area (Å²) in [4.78, 5) is 130. The van der Waals surface area contributed by atoms with E-state index in [4.69, 9.17) is 0 Å². The van der Waals surface area contributed by atoms with Crippen LogP contribution in [0.1, 0.15) is 83.2 Å². The molecule has 0 bridgehead atoms. The van der Waals surface area contributed by atoms with Crippen molar-refractivity contribution in [1.82, 2.24) is 121 Å². The van der Waals surface area contributed by atoms with E-state index >= 15 is 0 Å². The summed E-state index contributed by atoms with van der Waals surface area (Å²) in [5, 5.41) is 21.8. The summed E-state index contributed by atoms with van der Waals surface area (Å²) in [5.41, 5.74) is 2.86. The Hall–Kier alpha value is -12.6. The van der Waals surface area contributed by atoms with Crippen molar-refractivity contribution >= 4 is 91.6 Å². The van der Waals surface area contributed by atoms with Gasteiger partial charge in [-0.25, -0.2) is 64.2 Å². The van der Waals surface area contributed by atoms with Crippen LogP contribution >= 0.6 is 0 Å². The molecular weight excluding hydrogens is 1390 g/mol. The van der Waals surface area contributed by atoms with Gasteiger partial charge in [-0.05, 0) is 103 Å². The van der Waals surface area contributed by atoms with Crippen molar-refractivity contribution in [2.45, 2.75) is 116 Å². The van der Waals surface area contributed by atoms with E-state index in [-0.39, 0.29) is 57.5 Å². The SMILES string of the molecule is CCNC(=O)C(C)(C)Nc1ncnc(-c2c[nH]c3ncccc23)n1.CCNC(=O)[C@@](C)(CC)Nc1ncnc(-c2c[nH]c3ncccc23)n1.CC[C@@](C)(Nc1ncnc(-c2c[nH]c3ncccc23)n1)C(=O)NCC(F)(F)F.O=C(NCC(F)(F)F)[C@H]1C[C@H](F)CN1c1ncnc(-c2c[nH]c3ncccc23)n1.[HH].[HH].[HH].[HH].[HH].[HH]. The van der Waals surface area contributed by atoms with E-state index in [1.54, 1.807) is 75.4 Å². The van der Waals surface area contributed by atoms with E-state index in [9.17, 15) is 49.9 Å². The van der Waals surface area contributed by atoms with E-state index in [0.29, 0.717) is 71.3 Å². The molecule has 4 atom stereocenters. The zero-order chi connectivity index (χ0) is 76.0. The molecule has 106 heavy (non-hydrogen) atoms. The summed E-state index contributed by atoms with van der Waals surface area (Å²) < 4.78 is 88.4. The number of hydrogen-bond acceptors (Lipinski definition) is 24. The van der Waals surface area contributed by atoms with E-state index in [1.807, 2.05) is 81.8 Å². The molecule has 32 nitrogen and oxygen atoms in total. The number of rotatable bonds is 21. The Bertz CT molecular complexity index is 5060. The van der Waals surface area contributed by atoms with Crippen LogP contribution in [0, 0.1) is 0 Å². The summed E-state index contributed by atoms with van der Waals surface area (Å²) in [6.45, 7) is 12.3. The summed E-state index contributed by atoms with van der Waals surface area (Å²) in [7, 11) is 0. The normalized spacial score (nSPS) is 14.8. The summed E-state index contributed by atoms with van der Waals surface area (Å²) >= 11 is 0. The van der Waals surface area contributed by atoms with Crippen LogP contribution in [-0.2, 0) is 19.2 Å². The number of alkyl halides is 7. The highest BCUT2D eigenvalue weighted by molar-refractivity contribution is 5.95. The quantitative estimate of drug-likeness (QED) is 0.0298. The van der Waals surface area contributed by atoms with Crippen LogP contribution in [0.2, 0.25) is 0 Å². The molecule has 39 heteroatoms. The van der Waals surface area contributed by atoms with Gasteiger partial charge in [-0.1, -0.05) is 13.8 Å². The molecule has 12 aromatic heterocycles. The van der Waals surface area contributed by atoms with Crippen LogP contribution in [0.3, 0.4) is 0 Å². The molecule has 0 spiro atoms. The minimum absolute atomic E-state index is 0. The van der Waals surface area contributed by atoms with Gasteiger partial charge in [-0.15, -0.1) is 0 Å². The fourth-order valence-corrected chi connectivity index (χ4v) is 10.7. The molecule has 1 fully saturated rings. The highest BCUT2D eigenvalue weighted by Gasteiger charge is 2.41. The number of amides is 4. The molecular formula is C67H85F7N28O4. The molecule has 1 saturated heterocycles. The third kappa shape index (κ3) is 18.6. The monoisotopic (exact) mass is 1480 g/mol. The topological polar surface area (TPSA) is 425 Å². The predicted octanol–water partition coefficient (Wildman–Crippen LogP) is 10.0. The number of aromatic nitrogens is 20. The number of hydrogen-bond donors (Lipinski definition) is 11. The lowest BCUT2D eigenvalue weighted by Gasteiger charge is -2.28. The van der Waals surface area contributed by atoms with E-state index in [2.05, 4.69) is 126 Å². The number of pyridine rings is 4. The average molecular weight is 1480 g/mol. The molecule has 0 radical (unpaired) electrons. The second-order valence-corrected chi connectivity index (χ2v) is 24.6. The van der Waals surface area contributed by atoms with Gasteiger partial charge in [0.25, 0.3) is 0 Å². The molecule has 12 aromatic rings. The van der Waals surface area contributed by atoms with Gasteiger partial charge < -0.3 is 62.1 Å². The van der Waals surface area contributed by atoms with Crippen molar-refractivity contribution in [2.24, 2.45) is 0 Å². The number of H-pyrrole nitrogens is 4. The first-order valence-corrected chi connectivity index (χ1v) is 33.1. The Morgan fingerprint density at radius 2 is 0.811 bits per heavy atom. The van der Waals surface area contributed by atoms with Crippen molar-refractivity contribution in [1.29, 1.82) is 0 Å². The Kier molecular flexibility index (Phi) is 23.5. The van der Waals surface area contributed by atoms with Crippen LogP contribution in [0.15, 0.2) is 123 Å². The van der Waals surface area contributed by atoms with Crippen molar-refractivity contribution in [3.63, 3.8) is 0 Å². The maximum absolute atomic E-state index is 14.0. The lowest BCUT2D eigenvalue weighted by Crippen LogP contribution is -2.52. The molecule has 0 unspecified atom stereocenters. The largest absolute Gasteiger partial charge is 0.405 e. The number of carbonyl (C=O) groups excluding carboxylic acids is 4. The second kappa shape index (κ2) is 32.8. The van der Waals surface area contributed by atoms with E-state index in [0.717, 1.165) is 44.0 Å². The van der Waals surface area contributed by atoms with Gasteiger partial charge in [0.1, 0.15) is 89.8 Å². The molecule has 13 rings (SSSR count). The van der Waals surface area contributed by atoms with Crippen LogP contribution in [0.4, 0.5) is 54.5 Å². The third-order valence-corrected chi connectivity index (χ3v) is 16.6. The van der Waals surface area contributed by atoms with Crippen molar-refractivity contribution < 1.29 is 58.5 Å². The van der Waals surface area contributed by atoms with Crippen LogP contribution < -0.4 is 42.1 Å². The Labute approximate surface area is 607 Å². The number of nitrogens with zero attached hydrogens (tertiary/aromatic N) is 17. The number of carbonyl (C=O) groups is 4. The van der Waals surface area contributed by atoms with Crippen molar-refractivity contribution in [3.8, 4) is 45.6 Å². The summed E-state index contributed by atoms with van der Waals surface area (Å²) in [5.74, 6) is 0.496. The van der Waals surface area contributed by atoms with Crippen LogP contribution in [0.25, 0.3) is 89.7 Å². The molecule has 13 heterocycles. The van der Waals surface area contributed by atoms with Crippen LogP contribution in [0.5, 0.6) is 0 Å². The first-order valence-electron chi connectivity index (χ1n) is 33.1. The molecule has 1 aliphatic rings. The third-order valence-electron chi connectivity index (χ3n) is 16.6. The zero-order valence-corrected chi connectivity index (χ0v) is 58.2. The molecule has 11 N–H and O–H groups in total. The fourth-order valence-electron chi connectivity index (χ4n) is 10.7. The number of likely N-dealkylation sites (N-methyl/N-ethyl adjacent to an activating group) is 2. The van der Waals surface area contributed by atoms with Gasteiger partial charge in [0.05, 0.1) is 6.54 Å². The van der Waals surface area contributed by atoms with Gasteiger partial charge in [0.2, 0.25) is 47.4 Å². The first kappa shape index (κ1) is 76.0. The van der Waals surface area contributed by atoms with Crippen LogP contribution in [-0.4, -0.2) is 197 Å². The maximum Gasteiger partial charge on any atom is 0.405 e. The van der Waals surface area contributed by atoms with Gasteiger partial charge in [0.15, 0.2) is 23.3 Å². The van der Waals surface area contributed by atoms with Gasteiger partial charge in [-0.2, -0.15) is 46.3 Å². The molecule has 4 amide bonds. The number of aromatic amines is 4. The van der Waals surface area contributed by atoms with Gasteiger partial charge >= 0.3 is 12.4 Å². The van der Waals surface area contributed by atoms with Crippen molar-refractivity contribution in [2.75, 3.05) is 53.6 Å². The van der Waals surface area contributed by atoms with Gasteiger partial charge in [-0.3, -0.25) is 19.2 Å². The Morgan fingerprint density at radius 1 is 0.462 bits per heavy atom. The number of halogens is 7. The fraction of sp³-hybridized carbons (Fsp3) is 0.343. The molecule has 566 valence electrons. The second-order valence-electron chi connectivity index (χ2n) is 24.6. The predicted molar refractivity (Wildman–Crippen MR) is 391 cm³/mol. The molecule has 0 saturated carbocycles. The first-order chi connectivity index (χ1) is 50.6. The zero-order valence-electron chi connectivity index (χ0n) is 58.2. The lowest BCUT2D eigenvalue weighted by molar-refractivity contribution is -0.140. The Morgan fingerprint density at radius 3 is 1.19 bits per heavy atom. The lowest BCUT2D eigenvalue weighted by atomic mass is 9.98. The standard InChI is InChI=1S/C17H15F4N7O.C17H18F3N7O.C17H21N7O.C16H19N7O.6H2/c18-9-4-12(15(29)24-7-17(19,20)21)28(6-9)16-26-8-25-14(27-16)11-5-23-13-10(11)2-1-3-22-13;1-3-16(2,14(28)23-8-17(18,19)20)27-15-25-9-24-13(26-15)11-7-22-12-10(11)5-4-6-21-12;1-4-17(3,15(25)18-5-2)24-16-22-10-21-14(23-16)12-9-20-13-11(12)7-6-8-19-13;1-4-17-14(24)16(2,3)23-15-21-9-20-13(22-15)11-8-19-12-10(11)6-5-7-18-12;;;;;;/h1-3,5,8-9,12H,4,6-7H2,(H,22,23)(H,24,29);4-7,9H,3,8H2,1-2H3,(H,21,22)(H,23,28)(H,24,25,26,27);6-10H,4-5H2,1-3H3,(H,18,25)(H,19,20)(H,21,22,23,24);5-9H,4H2,1-3H3,(H,17,24)(H,18,19)(H,20,21,22,23);6*1H/t9-,12+;16-;17-;;;;;;;/m011......./s1. The number of nitrogens with one attached hydrogen (secondary N) is 11. The Balaban J connectivity index is 0.000000310. The smallest absolute Gasteiger partial charge is 0.354 e.